The minimum atomic E-state index is -0.223. The molecule has 2 aliphatic carbocycles. The standard InChI is InChI=1S/C23H28O2/c1-13-7-8-17(24)20-19(13)22(5,6)12-23(20)11-21(3,4)15-9-14(2)18(25)10-16(15)23/h7-10,24-25H,11-12H2,1-6H3. The van der Waals surface area contributed by atoms with E-state index in [1.807, 2.05) is 25.1 Å². The minimum Gasteiger partial charge on any atom is -0.508 e. The Bertz CT molecular complexity index is 905. The van der Waals surface area contributed by atoms with Gasteiger partial charge in [0.1, 0.15) is 11.5 Å². The molecule has 0 aromatic heterocycles. The van der Waals surface area contributed by atoms with Gasteiger partial charge in [-0.1, -0.05) is 39.8 Å². The van der Waals surface area contributed by atoms with Crippen LogP contribution in [0.3, 0.4) is 0 Å². The van der Waals surface area contributed by atoms with Crippen molar-refractivity contribution in [3.63, 3.8) is 0 Å². The molecule has 1 spiro atoms. The van der Waals surface area contributed by atoms with Gasteiger partial charge in [-0.25, -0.2) is 0 Å². The molecule has 2 heteroatoms. The second-order valence-corrected chi connectivity index (χ2v) is 9.54. The number of aromatic hydroxyl groups is 2. The number of benzene rings is 2. The molecular formula is C23H28O2. The van der Waals surface area contributed by atoms with E-state index in [1.54, 1.807) is 0 Å². The van der Waals surface area contributed by atoms with Crippen molar-refractivity contribution < 1.29 is 10.2 Å². The van der Waals surface area contributed by atoms with Gasteiger partial charge >= 0.3 is 0 Å². The lowest BCUT2D eigenvalue weighted by molar-refractivity contribution is 0.342. The van der Waals surface area contributed by atoms with Crippen LogP contribution in [0.25, 0.3) is 0 Å². The second-order valence-electron chi connectivity index (χ2n) is 9.54. The maximum absolute atomic E-state index is 10.9. The van der Waals surface area contributed by atoms with Crippen LogP contribution in [0.4, 0.5) is 0 Å². The first-order valence-electron chi connectivity index (χ1n) is 9.18. The summed E-state index contributed by atoms with van der Waals surface area (Å²) in [4.78, 5) is 0. The zero-order valence-corrected chi connectivity index (χ0v) is 16.1. The van der Waals surface area contributed by atoms with Crippen LogP contribution in [0.2, 0.25) is 0 Å². The Morgan fingerprint density at radius 1 is 0.720 bits per heavy atom. The monoisotopic (exact) mass is 336 g/mol. The van der Waals surface area contributed by atoms with Gasteiger partial charge in [-0.3, -0.25) is 0 Å². The molecule has 0 saturated carbocycles. The van der Waals surface area contributed by atoms with Gasteiger partial charge in [0.05, 0.1) is 0 Å². The molecule has 0 saturated heterocycles. The Hall–Kier alpha value is -1.96. The highest BCUT2D eigenvalue weighted by molar-refractivity contribution is 5.66. The number of aryl methyl sites for hydroxylation is 2. The first-order chi connectivity index (χ1) is 11.5. The molecule has 2 aromatic carbocycles. The summed E-state index contributed by atoms with van der Waals surface area (Å²) in [5, 5.41) is 21.3. The van der Waals surface area contributed by atoms with E-state index in [2.05, 4.69) is 40.7 Å². The van der Waals surface area contributed by atoms with Gasteiger partial charge in [0.15, 0.2) is 0 Å². The van der Waals surface area contributed by atoms with Crippen molar-refractivity contribution in [2.24, 2.45) is 0 Å². The highest BCUT2D eigenvalue weighted by atomic mass is 16.3. The van der Waals surface area contributed by atoms with Gasteiger partial charge in [0.25, 0.3) is 0 Å². The predicted octanol–water partition coefficient (Wildman–Crippen LogP) is 5.36. The maximum atomic E-state index is 10.9. The number of phenols is 2. The smallest absolute Gasteiger partial charge is 0.119 e. The molecule has 1 atom stereocenters. The zero-order chi connectivity index (χ0) is 18.4. The number of rotatable bonds is 0. The van der Waals surface area contributed by atoms with Crippen molar-refractivity contribution in [3.05, 3.63) is 57.6 Å². The SMILES string of the molecule is Cc1cc2c(cc1O)C1(CC2(C)C)CC(C)(C)c2c(C)ccc(O)c21. The van der Waals surface area contributed by atoms with Gasteiger partial charge in [0, 0.05) is 11.0 Å². The molecule has 0 bridgehead atoms. The van der Waals surface area contributed by atoms with Gasteiger partial charge in [-0.2, -0.15) is 0 Å². The highest BCUT2D eigenvalue weighted by Gasteiger charge is 2.57. The topological polar surface area (TPSA) is 40.5 Å². The van der Waals surface area contributed by atoms with E-state index in [4.69, 9.17) is 0 Å². The summed E-state index contributed by atoms with van der Waals surface area (Å²) in [6, 6.07) is 7.99. The Morgan fingerprint density at radius 2 is 1.36 bits per heavy atom. The molecule has 2 aromatic rings. The van der Waals surface area contributed by atoms with Crippen molar-refractivity contribution in [1.29, 1.82) is 0 Å². The molecule has 0 radical (unpaired) electrons. The molecule has 2 nitrogen and oxygen atoms in total. The molecule has 1 unspecified atom stereocenters. The Kier molecular flexibility index (Phi) is 3.04. The number of phenolic OH excluding ortho intramolecular Hbond substituents is 2. The lowest BCUT2D eigenvalue weighted by Crippen LogP contribution is -2.27. The molecule has 132 valence electrons. The van der Waals surface area contributed by atoms with E-state index in [0.29, 0.717) is 11.5 Å². The average Bonchev–Trinajstić information content (AvgIpc) is 2.85. The molecule has 4 rings (SSSR count). The van der Waals surface area contributed by atoms with E-state index in [-0.39, 0.29) is 16.2 Å². The normalized spacial score (nSPS) is 25.2. The van der Waals surface area contributed by atoms with Crippen molar-refractivity contribution in [1.82, 2.24) is 0 Å². The van der Waals surface area contributed by atoms with E-state index in [1.165, 1.54) is 22.3 Å². The molecular weight excluding hydrogens is 308 g/mol. The third-order valence-electron chi connectivity index (χ3n) is 6.62. The van der Waals surface area contributed by atoms with Crippen LogP contribution in [0.1, 0.15) is 73.9 Å². The molecule has 25 heavy (non-hydrogen) atoms. The van der Waals surface area contributed by atoms with Crippen molar-refractivity contribution in [2.75, 3.05) is 0 Å². The van der Waals surface area contributed by atoms with Gasteiger partial charge in [-0.05, 0) is 77.5 Å². The van der Waals surface area contributed by atoms with E-state index < -0.39 is 0 Å². The molecule has 0 amide bonds. The molecule has 0 aliphatic heterocycles. The van der Waals surface area contributed by atoms with Crippen LogP contribution < -0.4 is 0 Å². The largest absolute Gasteiger partial charge is 0.508 e. The summed E-state index contributed by atoms with van der Waals surface area (Å²) in [6.45, 7) is 13.2. The summed E-state index contributed by atoms with van der Waals surface area (Å²) < 4.78 is 0. The fourth-order valence-electron chi connectivity index (χ4n) is 5.96. The van der Waals surface area contributed by atoms with Crippen LogP contribution in [-0.2, 0) is 16.2 Å². The van der Waals surface area contributed by atoms with Gasteiger partial charge in [-0.15, -0.1) is 0 Å². The number of fused-ring (bicyclic) bond motifs is 4. The van der Waals surface area contributed by atoms with Gasteiger partial charge in [0.2, 0.25) is 0 Å². The van der Waals surface area contributed by atoms with Crippen molar-refractivity contribution in [3.8, 4) is 11.5 Å². The Morgan fingerprint density at radius 3 is 2.04 bits per heavy atom. The summed E-state index contributed by atoms with van der Waals surface area (Å²) in [5.74, 6) is 0.754. The highest BCUT2D eigenvalue weighted by Crippen LogP contribution is 2.65. The van der Waals surface area contributed by atoms with E-state index in [9.17, 15) is 10.2 Å². The average molecular weight is 336 g/mol. The predicted molar refractivity (Wildman–Crippen MR) is 102 cm³/mol. The summed E-state index contributed by atoms with van der Waals surface area (Å²) in [7, 11) is 0. The molecule has 0 fully saturated rings. The fourth-order valence-corrected chi connectivity index (χ4v) is 5.96. The lowest BCUT2D eigenvalue weighted by Gasteiger charge is -2.30. The van der Waals surface area contributed by atoms with Crippen LogP contribution in [0, 0.1) is 13.8 Å². The summed E-state index contributed by atoms with van der Waals surface area (Å²) in [5.41, 5.74) is 6.85. The van der Waals surface area contributed by atoms with Crippen LogP contribution in [0.5, 0.6) is 11.5 Å². The lowest BCUT2D eigenvalue weighted by atomic mass is 9.72. The molecule has 0 heterocycles. The van der Waals surface area contributed by atoms with Gasteiger partial charge < -0.3 is 10.2 Å². The van der Waals surface area contributed by atoms with Crippen LogP contribution in [0.15, 0.2) is 24.3 Å². The van der Waals surface area contributed by atoms with E-state index >= 15 is 0 Å². The molecule has 2 N–H and O–H groups in total. The molecule has 2 aliphatic rings. The number of hydrogen-bond donors (Lipinski definition) is 2. The van der Waals surface area contributed by atoms with E-state index in [0.717, 1.165) is 24.0 Å². The first kappa shape index (κ1) is 16.5. The van der Waals surface area contributed by atoms with Crippen LogP contribution in [-0.4, -0.2) is 10.2 Å². The minimum absolute atomic E-state index is 0.00362. The third-order valence-corrected chi connectivity index (χ3v) is 6.62. The summed E-state index contributed by atoms with van der Waals surface area (Å²) >= 11 is 0. The Balaban J connectivity index is 2.11. The van der Waals surface area contributed by atoms with Crippen molar-refractivity contribution in [2.45, 2.75) is 70.6 Å². The second kappa shape index (κ2) is 4.60. The summed E-state index contributed by atoms with van der Waals surface area (Å²) in [6.07, 6.45) is 1.93. The quantitative estimate of drug-likeness (QED) is 0.679. The van der Waals surface area contributed by atoms with Crippen LogP contribution >= 0.6 is 0 Å². The Labute approximate surface area is 150 Å². The maximum Gasteiger partial charge on any atom is 0.119 e. The van der Waals surface area contributed by atoms with Crippen molar-refractivity contribution >= 4 is 0 Å². The number of hydrogen-bond acceptors (Lipinski definition) is 2. The zero-order valence-electron chi connectivity index (χ0n) is 16.1. The fraction of sp³-hybridized carbons (Fsp3) is 0.478. The third kappa shape index (κ3) is 1.97. The first-order valence-corrected chi connectivity index (χ1v) is 9.18.